The number of hydrogen-bond donors (Lipinski definition) is 1. The summed E-state index contributed by atoms with van der Waals surface area (Å²) in [5, 5.41) is 11.6. The topological polar surface area (TPSA) is 75.0 Å². The standard InChI is InChI=1S/C16H12F3N3O2/c1-10-2-3-11(8-21-10)15(23)22-13-4-5-14(12(6-13)7-20)24-9-16(17,18)19/h2-6,8H,9H2,1H3,(H,22,23). The molecule has 8 heteroatoms. The van der Waals surface area contributed by atoms with E-state index in [2.05, 4.69) is 15.0 Å². The van der Waals surface area contributed by atoms with Gasteiger partial charge in [0.15, 0.2) is 6.61 Å². The van der Waals surface area contributed by atoms with Gasteiger partial charge in [0.25, 0.3) is 5.91 Å². The average molecular weight is 335 g/mol. The second-order valence-corrected chi connectivity index (χ2v) is 4.87. The summed E-state index contributed by atoms with van der Waals surface area (Å²) in [4.78, 5) is 16.1. The highest BCUT2D eigenvalue weighted by Gasteiger charge is 2.28. The number of anilines is 1. The van der Waals surface area contributed by atoms with Crippen LogP contribution < -0.4 is 10.1 Å². The molecule has 0 fully saturated rings. The highest BCUT2D eigenvalue weighted by molar-refractivity contribution is 6.04. The van der Waals surface area contributed by atoms with Crippen LogP contribution in [0.3, 0.4) is 0 Å². The number of aromatic nitrogens is 1. The summed E-state index contributed by atoms with van der Waals surface area (Å²) < 4.78 is 41.1. The lowest BCUT2D eigenvalue weighted by atomic mass is 10.2. The summed E-state index contributed by atoms with van der Waals surface area (Å²) in [5.41, 5.74) is 1.22. The Bertz CT molecular complexity index is 781. The summed E-state index contributed by atoms with van der Waals surface area (Å²) in [7, 11) is 0. The molecular weight excluding hydrogens is 323 g/mol. The zero-order valence-electron chi connectivity index (χ0n) is 12.5. The molecule has 124 valence electrons. The molecule has 1 aromatic carbocycles. The van der Waals surface area contributed by atoms with Crippen molar-refractivity contribution >= 4 is 11.6 Å². The number of hydrogen-bond acceptors (Lipinski definition) is 4. The third-order valence-electron chi connectivity index (χ3n) is 2.92. The largest absolute Gasteiger partial charge is 0.483 e. The molecule has 0 bridgehead atoms. The second kappa shape index (κ2) is 7.00. The number of aryl methyl sites for hydroxylation is 1. The van der Waals surface area contributed by atoms with Crippen LogP contribution in [0, 0.1) is 18.3 Å². The molecule has 0 radical (unpaired) electrons. The molecule has 0 unspecified atom stereocenters. The predicted octanol–water partition coefficient (Wildman–Crippen LogP) is 3.46. The number of nitrogens with one attached hydrogen (secondary N) is 1. The van der Waals surface area contributed by atoms with Crippen LogP contribution in [0.2, 0.25) is 0 Å². The van der Waals surface area contributed by atoms with E-state index in [1.807, 2.05) is 0 Å². The monoisotopic (exact) mass is 335 g/mol. The van der Waals surface area contributed by atoms with E-state index in [-0.39, 0.29) is 17.0 Å². The van der Waals surface area contributed by atoms with E-state index >= 15 is 0 Å². The van der Waals surface area contributed by atoms with Crippen LogP contribution in [-0.4, -0.2) is 23.7 Å². The van der Waals surface area contributed by atoms with Crippen molar-refractivity contribution < 1.29 is 22.7 Å². The number of pyridine rings is 1. The predicted molar refractivity (Wildman–Crippen MR) is 79.6 cm³/mol. The van der Waals surface area contributed by atoms with E-state index in [0.29, 0.717) is 5.56 Å². The lowest BCUT2D eigenvalue weighted by Gasteiger charge is -2.12. The van der Waals surface area contributed by atoms with Crippen LogP contribution in [-0.2, 0) is 0 Å². The van der Waals surface area contributed by atoms with Gasteiger partial charge < -0.3 is 10.1 Å². The lowest BCUT2D eigenvalue weighted by Crippen LogP contribution is -2.19. The minimum Gasteiger partial charge on any atom is -0.483 e. The Labute approximate surface area is 135 Å². The Balaban J connectivity index is 2.13. The van der Waals surface area contributed by atoms with Crippen molar-refractivity contribution in [2.75, 3.05) is 11.9 Å². The normalized spacial score (nSPS) is 10.8. The van der Waals surface area contributed by atoms with Gasteiger partial charge in [-0.05, 0) is 37.3 Å². The van der Waals surface area contributed by atoms with E-state index in [0.717, 1.165) is 5.69 Å². The van der Waals surface area contributed by atoms with Gasteiger partial charge in [0.05, 0.1) is 11.1 Å². The first-order chi connectivity index (χ1) is 11.3. The maximum Gasteiger partial charge on any atom is 0.422 e. The molecular formula is C16H12F3N3O2. The molecule has 2 aromatic rings. The Morgan fingerprint density at radius 3 is 2.67 bits per heavy atom. The molecule has 2 rings (SSSR count). The number of carbonyl (C=O) groups is 1. The SMILES string of the molecule is Cc1ccc(C(=O)Nc2ccc(OCC(F)(F)F)c(C#N)c2)cn1. The van der Waals surface area contributed by atoms with Gasteiger partial charge in [-0.2, -0.15) is 18.4 Å². The first kappa shape index (κ1) is 17.3. The minimum absolute atomic E-state index is 0.112. The smallest absolute Gasteiger partial charge is 0.422 e. The van der Waals surface area contributed by atoms with Crippen molar-refractivity contribution in [1.29, 1.82) is 5.26 Å². The molecule has 0 aliphatic rings. The van der Waals surface area contributed by atoms with Gasteiger partial charge in [0.2, 0.25) is 0 Å². The summed E-state index contributed by atoms with van der Waals surface area (Å²) in [6.07, 6.45) is -3.10. The first-order valence-corrected chi connectivity index (χ1v) is 6.76. The van der Waals surface area contributed by atoms with Crippen LogP contribution in [0.15, 0.2) is 36.5 Å². The maximum absolute atomic E-state index is 12.2. The van der Waals surface area contributed by atoms with Crippen molar-refractivity contribution in [3.8, 4) is 11.8 Å². The second-order valence-electron chi connectivity index (χ2n) is 4.87. The molecule has 1 N–H and O–H groups in total. The fourth-order valence-electron chi connectivity index (χ4n) is 1.79. The highest BCUT2D eigenvalue weighted by Crippen LogP contribution is 2.25. The van der Waals surface area contributed by atoms with E-state index in [9.17, 15) is 18.0 Å². The molecule has 5 nitrogen and oxygen atoms in total. The van der Waals surface area contributed by atoms with Gasteiger partial charge in [0.1, 0.15) is 11.8 Å². The van der Waals surface area contributed by atoms with Crippen LogP contribution >= 0.6 is 0 Å². The first-order valence-electron chi connectivity index (χ1n) is 6.76. The number of halogens is 3. The maximum atomic E-state index is 12.2. The quantitative estimate of drug-likeness (QED) is 0.928. The van der Waals surface area contributed by atoms with Gasteiger partial charge in [-0.1, -0.05) is 0 Å². The Morgan fingerprint density at radius 1 is 1.33 bits per heavy atom. The van der Waals surface area contributed by atoms with Gasteiger partial charge >= 0.3 is 6.18 Å². The van der Waals surface area contributed by atoms with Gasteiger partial charge in [0, 0.05) is 17.6 Å². The van der Waals surface area contributed by atoms with Crippen LogP contribution in [0.25, 0.3) is 0 Å². The fraction of sp³-hybridized carbons (Fsp3) is 0.188. The van der Waals surface area contributed by atoms with Gasteiger partial charge in [-0.15, -0.1) is 0 Å². The molecule has 1 amide bonds. The number of benzene rings is 1. The van der Waals surface area contributed by atoms with Gasteiger partial charge in [-0.25, -0.2) is 0 Å². The van der Waals surface area contributed by atoms with E-state index in [1.54, 1.807) is 25.1 Å². The van der Waals surface area contributed by atoms with Crippen LogP contribution in [0.4, 0.5) is 18.9 Å². The number of ether oxygens (including phenoxy) is 1. The summed E-state index contributed by atoms with van der Waals surface area (Å²) in [5.74, 6) is -0.653. The zero-order chi connectivity index (χ0) is 17.7. The fourth-order valence-corrected chi connectivity index (χ4v) is 1.79. The van der Waals surface area contributed by atoms with Crippen molar-refractivity contribution in [2.45, 2.75) is 13.1 Å². The van der Waals surface area contributed by atoms with E-state index < -0.39 is 18.7 Å². The number of nitriles is 1. The molecule has 0 spiro atoms. The molecule has 24 heavy (non-hydrogen) atoms. The number of rotatable bonds is 4. The summed E-state index contributed by atoms with van der Waals surface area (Å²) in [6, 6.07) is 8.79. The molecule has 1 heterocycles. The summed E-state index contributed by atoms with van der Waals surface area (Å²) >= 11 is 0. The number of amides is 1. The van der Waals surface area contributed by atoms with Crippen molar-refractivity contribution in [1.82, 2.24) is 4.98 Å². The number of alkyl halides is 3. The number of carbonyl (C=O) groups excluding carboxylic acids is 1. The molecule has 0 aliphatic heterocycles. The Kier molecular flexibility index (Phi) is 5.04. The molecule has 0 saturated heterocycles. The van der Waals surface area contributed by atoms with Crippen molar-refractivity contribution in [3.05, 3.63) is 53.3 Å². The Hall–Kier alpha value is -3.08. The average Bonchev–Trinajstić information content (AvgIpc) is 2.53. The minimum atomic E-state index is -4.50. The summed E-state index contributed by atoms with van der Waals surface area (Å²) in [6.45, 7) is 0.281. The van der Waals surface area contributed by atoms with E-state index in [4.69, 9.17) is 5.26 Å². The Morgan fingerprint density at radius 2 is 2.08 bits per heavy atom. The van der Waals surface area contributed by atoms with Crippen molar-refractivity contribution in [2.24, 2.45) is 0 Å². The molecule has 0 saturated carbocycles. The number of nitrogens with zero attached hydrogens (tertiary/aromatic N) is 2. The third-order valence-corrected chi connectivity index (χ3v) is 2.92. The van der Waals surface area contributed by atoms with E-state index in [1.165, 1.54) is 24.4 Å². The highest BCUT2D eigenvalue weighted by atomic mass is 19.4. The molecule has 1 aromatic heterocycles. The van der Waals surface area contributed by atoms with Gasteiger partial charge in [-0.3, -0.25) is 9.78 Å². The molecule has 0 aliphatic carbocycles. The lowest BCUT2D eigenvalue weighted by molar-refractivity contribution is -0.153. The van der Waals surface area contributed by atoms with Crippen LogP contribution in [0.5, 0.6) is 5.75 Å². The van der Waals surface area contributed by atoms with Crippen molar-refractivity contribution in [3.63, 3.8) is 0 Å². The zero-order valence-corrected chi connectivity index (χ0v) is 12.5. The molecule has 0 atom stereocenters. The third kappa shape index (κ3) is 4.71. The van der Waals surface area contributed by atoms with Crippen LogP contribution in [0.1, 0.15) is 21.6 Å².